The van der Waals surface area contributed by atoms with E-state index >= 15 is 0 Å². The molecule has 3 aromatic carbocycles. The third-order valence-corrected chi connectivity index (χ3v) is 6.62. The third-order valence-electron chi connectivity index (χ3n) is 4.11. The van der Waals surface area contributed by atoms with Gasteiger partial charge in [0.05, 0.1) is 16.3 Å². The highest BCUT2D eigenvalue weighted by Gasteiger charge is 2.15. The van der Waals surface area contributed by atoms with Crippen molar-refractivity contribution in [3.63, 3.8) is 0 Å². The van der Waals surface area contributed by atoms with Crippen LogP contribution in [0.4, 0.5) is 11.4 Å². The van der Waals surface area contributed by atoms with Crippen molar-refractivity contribution >= 4 is 48.7 Å². The van der Waals surface area contributed by atoms with E-state index in [2.05, 4.69) is 10.0 Å². The number of hydrogen-bond acceptors (Lipinski definition) is 5. The number of amides is 1. The third kappa shape index (κ3) is 6.55. The molecule has 31 heavy (non-hydrogen) atoms. The lowest BCUT2D eigenvalue weighted by Crippen LogP contribution is -2.14. The number of anilines is 2. The molecule has 3 rings (SSSR count). The van der Waals surface area contributed by atoms with Crippen molar-refractivity contribution in [3.05, 3.63) is 88.9 Å². The number of benzene rings is 3. The Morgan fingerprint density at radius 3 is 2.19 bits per heavy atom. The zero-order valence-electron chi connectivity index (χ0n) is 16.4. The number of carbonyl (C=O) groups excluding carboxylic acids is 1. The van der Waals surface area contributed by atoms with Crippen LogP contribution in [0.1, 0.15) is 15.9 Å². The summed E-state index contributed by atoms with van der Waals surface area (Å²) in [7, 11) is -7.06. The molecule has 0 spiro atoms. The van der Waals surface area contributed by atoms with Gasteiger partial charge in [0, 0.05) is 22.5 Å². The first-order valence-electron chi connectivity index (χ1n) is 8.98. The van der Waals surface area contributed by atoms with Gasteiger partial charge in [-0.15, -0.1) is 0 Å². The molecule has 0 saturated heterocycles. The summed E-state index contributed by atoms with van der Waals surface area (Å²) < 4.78 is 50.5. The molecule has 3 aromatic rings. The molecule has 0 radical (unpaired) electrons. The summed E-state index contributed by atoms with van der Waals surface area (Å²) in [6.07, 6.45) is 1.12. The Bertz CT molecular complexity index is 1320. The fraction of sp³-hybridized carbons (Fsp3) is 0.0952. The van der Waals surface area contributed by atoms with Crippen molar-refractivity contribution in [3.8, 4) is 0 Å². The van der Waals surface area contributed by atoms with Gasteiger partial charge in [-0.3, -0.25) is 9.52 Å². The molecule has 0 aliphatic heterocycles. The number of halogens is 1. The van der Waals surface area contributed by atoms with Crippen LogP contribution in [0.5, 0.6) is 0 Å². The van der Waals surface area contributed by atoms with Gasteiger partial charge in [-0.1, -0.05) is 29.8 Å². The van der Waals surface area contributed by atoms with Gasteiger partial charge >= 0.3 is 0 Å². The molecule has 0 aliphatic rings. The standard InChI is InChI=1S/C21H19ClN2O5S2/c1-30(26,27)14-15-4-2-5-16(12-15)21(25)23-18-6-3-7-19(13-18)24-31(28,29)20-10-8-17(22)9-11-20/h2-13,24H,14H2,1H3,(H,23,25). The maximum atomic E-state index is 12.6. The molecular weight excluding hydrogens is 460 g/mol. The molecule has 162 valence electrons. The van der Waals surface area contributed by atoms with Crippen molar-refractivity contribution in [2.45, 2.75) is 10.6 Å². The maximum absolute atomic E-state index is 12.6. The molecule has 7 nitrogen and oxygen atoms in total. The Kier molecular flexibility index (Phi) is 6.68. The van der Waals surface area contributed by atoms with Crippen LogP contribution in [0.3, 0.4) is 0 Å². The quantitative estimate of drug-likeness (QED) is 0.534. The summed E-state index contributed by atoms with van der Waals surface area (Å²) >= 11 is 5.80. The highest BCUT2D eigenvalue weighted by atomic mass is 35.5. The number of hydrogen-bond donors (Lipinski definition) is 2. The SMILES string of the molecule is CS(=O)(=O)Cc1cccc(C(=O)Nc2cccc(NS(=O)(=O)c3ccc(Cl)cc3)c2)c1. The van der Waals surface area contributed by atoms with Crippen LogP contribution in [-0.4, -0.2) is 29.0 Å². The number of sulfonamides is 1. The van der Waals surface area contributed by atoms with E-state index in [4.69, 9.17) is 11.6 Å². The average Bonchev–Trinajstić information content (AvgIpc) is 2.67. The molecule has 0 aliphatic carbocycles. The smallest absolute Gasteiger partial charge is 0.261 e. The second-order valence-corrected chi connectivity index (χ2v) is 11.1. The first-order chi connectivity index (χ1) is 14.5. The molecule has 1 amide bonds. The van der Waals surface area contributed by atoms with Crippen molar-refractivity contribution in [2.24, 2.45) is 0 Å². The summed E-state index contributed by atoms with van der Waals surface area (Å²) in [6.45, 7) is 0. The minimum Gasteiger partial charge on any atom is -0.322 e. The van der Waals surface area contributed by atoms with Crippen LogP contribution in [-0.2, 0) is 25.6 Å². The normalized spacial score (nSPS) is 11.7. The monoisotopic (exact) mass is 478 g/mol. The van der Waals surface area contributed by atoms with Crippen molar-refractivity contribution in [1.29, 1.82) is 0 Å². The Labute approximate surface area is 186 Å². The highest BCUT2D eigenvalue weighted by Crippen LogP contribution is 2.21. The first-order valence-corrected chi connectivity index (χ1v) is 12.9. The van der Waals surface area contributed by atoms with Gasteiger partial charge in [0.1, 0.15) is 0 Å². The zero-order valence-corrected chi connectivity index (χ0v) is 18.8. The van der Waals surface area contributed by atoms with E-state index in [0.717, 1.165) is 6.26 Å². The molecule has 10 heteroatoms. The van der Waals surface area contributed by atoms with Crippen LogP contribution in [0.2, 0.25) is 5.02 Å². The van der Waals surface area contributed by atoms with E-state index in [1.165, 1.54) is 36.4 Å². The lowest BCUT2D eigenvalue weighted by Gasteiger charge is -2.11. The Morgan fingerprint density at radius 1 is 0.871 bits per heavy atom. The van der Waals surface area contributed by atoms with Crippen molar-refractivity contribution < 1.29 is 21.6 Å². The van der Waals surface area contributed by atoms with Crippen molar-refractivity contribution in [2.75, 3.05) is 16.3 Å². The molecule has 0 saturated carbocycles. The van der Waals surface area contributed by atoms with E-state index in [1.54, 1.807) is 36.4 Å². The second-order valence-electron chi connectivity index (χ2n) is 6.86. The molecule has 0 unspecified atom stereocenters. The first kappa shape index (κ1) is 22.8. The molecule has 0 bridgehead atoms. The molecule has 0 aromatic heterocycles. The lowest BCUT2D eigenvalue weighted by atomic mass is 10.1. The van der Waals surface area contributed by atoms with Gasteiger partial charge in [0.25, 0.3) is 15.9 Å². The molecule has 0 heterocycles. The second kappa shape index (κ2) is 9.09. The van der Waals surface area contributed by atoms with Crippen LogP contribution < -0.4 is 10.0 Å². The van der Waals surface area contributed by atoms with E-state index in [0.29, 0.717) is 16.3 Å². The zero-order chi connectivity index (χ0) is 22.6. The van der Waals surface area contributed by atoms with Crippen LogP contribution in [0.15, 0.2) is 77.7 Å². The highest BCUT2D eigenvalue weighted by molar-refractivity contribution is 7.92. The van der Waals surface area contributed by atoms with E-state index in [9.17, 15) is 21.6 Å². The molecule has 2 N–H and O–H groups in total. The summed E-state index contributed by atoms with van der Waals surface area (Å²) in [4.78, 5) is 12.6. The minimum atomic E-state index is -3.83. The Hall–Kier alpha value is -2.88. The van der Waals surface area contributed by atoms with Gasteiger partial charge in [-0.25, -0.2) is 16.8 Å². The minimum absolute atomic E-state index is 0.0500. The van der Waals surface area contributed by atoms with Gasteiger partial charge in [-0.05, 0) is 60.2 Å². The van der Waals surface area contributed by atoms with Gasteiger partial charge in [0.2, 0.25) is 0 Å². The van der Waals surface area contributed by atoms with Crippen LogP contribution in [0, 0.1) is 0 Å². The van der Waals surface area contributed by atoms with E-state index in [1.807, 2.05) is 0 Å². The largest absolute Gasteiger partial charge is 0.322 e. The summed E-state index contributed by atoms with van der Waals surface area (Å²) in [6, 6.07) is 18.3. The fourth-order valence-electron chi connectivity index (χ4n) is 2.80. The predicted molar refractivity (Wildman–Crippen MR) is 122 cm³/mol. The maximum Gasteiger partial charge on any atom is 0.261 e. The number of carbonyl (C=O) groups is 1. The molecule has 0 atom stereocenters. The number of sulfone groups is 1. The lowest BCUT2D eigenvalue weighted by molar-refractivity contribution is 0.102. The van der Waals surface area contributed by atoms with Gasteiger partial charge < -0.3 is 5.32 Å². The predicted octanol–water partition coefficient (Wildman–Crippen LogP) is 3.94. The topological polar surface area (TPSA) is 109 Å². The van der Waals surface area contributed by atoms with Gasteiger partial charge in [0.15, 0.2) is 9.84 Å². The Morgan fingerprint density at radius 2 is 1.52 bits per heavy atom. The van der Waals surface area contributed by atoms with E-state index in [-0.39, 0.29) is 21.9 Å². The molecule has 0 fully saturated rings. The van der Waals surface area contributed by atoms with E-state index < -0.39 is 25.8 Å². The van der Waals surface area contributed by atoms with Gasteiger partial charge in [-0.2, -0.15) is 0 Å². The van der Waals surface area contributed by atoms with Crippen LogP contribution in [0.25, 0.3) is 0 Å². The summed E-state index contributed by atoms with van der Waals surface area (Å²) in [5, 5.41) is 3.10. The number of rotatable bonds is 7. The molecular formula is C21H19ClN2O5S2. The Balaban J connectivity index is 1.75. The number of nitrogens with one attached hydrogen (secondary N) is 2. The van der Waals surface area contributed by atoms with Crippen LogP contribution >= 0.6 is 11.6 Å². The fourth-order valence-corrected chi connectivity index (χ4v) is 4.76. The van der Waals surface area contributed by atoms with Crippen molar-refractivity contribution in [1.82, 2.24) is 0 Å². The summed E-state index contributed by atoms with van der Waals surface area (Å²) in [5.41, 5.74) is 1.42. The summed E-state index contributed by atoms with van der Waals surface area (Å²) in [5.74, 6) is -0.621. The average molecular weight is 479 g/mol.